The number of benzene rings is 2. The highest BCUT2D eigenvalue weighted by molar-refractivity contribution is 7.91. The van der Waals surface area contributed by atoms with Crippen LogP contribution in [0, 0.1) is 22.7 Å². The van der Waals surface area contributed by atoms with Crippen LogP contribution in [-0.4, -0.2) is 63.9 Å². The molecule has 1 aliphatic heterocycles. The van der Waals surface area contributed by atoms with Gasteiger partial charge in [-0.3, -0.25) is 4.79 Å². The van der Waals surface area contributed by atoms with Crippen molar-refractivity contribution >= 4 is 25.8 Å². The summed E-state index contributed by atoms with van der Waals surface area (Å²) in [6, 6.07) is 15.5. The Morgan fingerprint density at radius 1 is 0.812 bits per heavy atom. The summed E-state index contributed by atoms with van der Waals surface area (Å²) >= 11 is 0. The van der Waals surface area contributed by atoms with E-state index in [9.17, 15) is 21.6 Å². The Morgan fingerprint density at radius 3 is 1.81 bits per heavy atom. The Hall–Kier alpha value is -3.25. The molecule has 1 saturated heterocycles. The molecule has 0 unspecified atom stereocenters. The average Bonchev–Trinajstić information content (AvgIpc) is 2.79. The number of nitriles is 2. The van der Waals surface area contributed by atoms with Crippen LogP contribution >= 0.6 is 0 Å². The second-order valence-electron chi connectivity index (χ2n) is 7.26. The number of sulfone groups is 1. The molecular weight excluding hydrogens is 452 g/mol. The highest BCUT2D eigenvalue weighted by Crippen LogP contribution is 2.19. The molecule has 0 saturated carbocycles. The summed E-state index contributed by atoms with van der Waals surface area (Å²) in [7, 11) is -7.50. The van der Waals surface area contributed by atoms with Crippen molar-refractivity contribution in [3.63, 3.8) is 0 Å². The number of rotatable bonds is 6. The summed E-state index contributed by atoms with van der Waals surface area (Å²) in [5, 5.41) is 17.7. The van der Waals surface area contributed by atoms with E-state index in [0.717, 1.165) is 0 Å². The van der Waals surface area contributed by atoms with Gasteiger partial charge in [-0.05, 0) is 42.0 Å². The number of sulfonamides is 1. The fourth-order valence-electron chi connectivity index (χ4n) is 3.29. The third kappa shape index (κ3) is 5.51. The van der Waals surface area contributed by atoms with E-state index in [-0.39, 0.29) is 36.8 Å². The Bertz CT molecular complexity index is 1280. The number of carbonyl (C=O) groups is 1. The summed E-state index contributed by atoms with van der Waals surface area (Å²) in [4.78, 5) is 13.9. The molecule has 32 heavy (non-hydrogen) atoms. The maximum atomic E-state index is 12.8. The summed E-state index contributed by atoms with van der Waals surface area (Å²) in [5.41, 5.74) is 1.24. The lowest BCUT2D eigenvalue weighted by molar-refractivity contribution is -0.129. The molecule has 1 aliphatic rings. The molecule has 11 heteroatoms. The van der Waals surface area contributed by atoms with Crippen molar-refractivity contribution in [2.75, 3.05) is 31.9 Å². The van der Waals surface area contributed by atoms with Crippen molar-refractivity contribution in [2.24, 2.45) is 0 Å². The van der Waals surface area contributed by atoms with Crippen molar-refractivity contribution in [3.8, 4) is 12.1 Å². The van der Waals surface area contributed by atoms with Gasteiger partial charge in [0.25, 0.3) is 0 Å². The molecular formula is C21H20N4O5S2. The zero-order valence-electron chi connectivity index (χ0n) is 17.0. The van der Waals surface area contributed by atoms with E-state index in [1.165, 1.54) is 57.7 Å². The quantitative estimate of drug-likeness (QED) is 0.608. The number of hydrogen-bond donors (Lipinski definition) is 0. The van der Waals surface area contributed by atoms with Gasteiger partial charge in [-0.25, -0.2) is 16.8 Å². The number of amides is 1. The zero-order valence-corrected chi connectivity index (χ0v) is 18.6. The summed E-state index contributed by atoms with van der Waals surface area (Å²) in [6.07, 6.45) is 0. The molecule has 0 spiro atoms. The van der Waals surface area contributed by atoms with Crippen LogP contribution in [0.15, 0.2) is 53.4 Å². The van der Waals surface area contributed by atoms with Crippen LogP contribution in [0.4, 0.5) is 0 Å². The van der Waals surface area contributed by atoms with Gasteiger partial charge in [0, 0.05) is 26.2 Å². The van der Waals surface area contributed by atoms with Crippen LogP contribution < -0.4 is 0 Å². The molecule has 0 atom stereocenters. The van der Waals surface area contributed by atoms with E-state index >= 15 is 0 Å². The van der Waals surface area contributed by atoms with Crippen LogP contribution in [0.2, 0.25) is 0 Å². The van der Waals surface area contributed by atoms with Crippen molar-refractivity contribution in [3.05, 3.63) is 65.2 Å². The number of piperazine rings is 1. The van der Waals surface area contributed by atoms with Crippen molar-refractivity contribution < 1.29 is 21.6 Å². The van der Waals surface area contributed by atoms with Crippen LogP contribution in [0.5, 0.6) is 0 Å². The van der Waals surface area contributed by atoms with Gasteiger partial charge in [0.2, 0.25) is 15.9 Å². The summed E-state index contributed by atoms with van der Waals surface area (Å²) in [5.74, 6) is -1.57. The lowest BCUT2D eigenvalue weighted by Crippen LogP contribution is -2.51. The smallest absolute Gasteiger partial charge is 0.243 e. The molecule has 0 N–H and O–H groups in total. The minimum Gasteiger partial charge on any atom is -0.339 e. The summed E-state index contributed by atoms with van der Waals surface area (Å²) in [6.45, 7) is 0.259. The Labute approximate surface area is 187 Å². The van der Waals surface area contributed by atoms with Crippen molar-refractivity contribution in [2.45, 2.75) is 10.6 Å². The van der Waals surface area contributed by atoms with E-state index in [1.807, 2.05) is 12.1 Å². The van der Waals surface area contributed by atoms with Gasteiger partial charge in [0.1, 0.15) is 5.75 Å². The minimum atomic E-state index is -3.77. The maximum Gasteiger partial charge on any atom is 0.243 e. The molecule has 1 heterocycles. The first-order valence-electron chi connectivity index (χ1n) is 9.62. The topological polar surface area (TPSA) is 139 Å². The molecule has 0 bridgehead atoms. The van der Waals surface area contributed by atoms with E-state index in [2.05, 4.69) is 0 Å². The largest absolute Gasteiger partial charge is 0.339 e. The Balaban J connectivity index is 1.58. The normalized spacial score (nSPS) is 15.0. The number of hydrogen-bond acceptors (Lipinski definition) is 7. The second-order valence-corrected chi connectivity index (χ2v) is 11.3. The lowest BCUT2D eigenvalue weighted by atomic mass is 10.2. The standard InChI is InChI=1S/C21H20N4O5S2/c22-13-17-1-3-19(4-2-17)15-31(27,28)16-21(26)24-9-11-25(12-10-24)32(29,30)20-7-5-18(14-23)6-8-20/h1-8H,9-12,15-16H2. The minimum absolute atomic E-state index is 0.0454. The summed E-state index contributed by atoms with van der Waals surface area (Å²) < 4.78 is 51.6. The van der Waals surface area contributed by atoms with Gasteiger partial charge in [0.05, 0.1) is 33.9 Å². The fraction of sp³-hybridized carbons (Fsp3) is 0.286. The second kappa shape index (κ2) is 9.49. The first kappa shape index (κ1) is 23.4. The van der Waals surface area contributed by atoms with Gasteiger partial charge in [0.15, 0.2) is 9.84 Å². The number of carbonyl (C=O) groups excluding carboxylic acids is 1. The monoisotopic (exact) mass is 472 g/mol. The average molecular weight is 473 g/mol. The van der Waals surface area contributed by atoms with Gasteiger partial charge in [-0.2, -0.15) is 14.8 Å². The molecule has 1 amide bonds. The fourth-order valence-corrected chi connectivity index (χ4v) is 6.07. The molecule has 1 fully saturated rings. The Kier molecular flexibility index (Phi) is 6.94. The van der Waals surface area contributed by atoms with Crippen LogP contribution in [0.3, 0.4) is 0 Å². The molecule has 0 aliphatic carbocycles. The van der Waals surface area contributed by atoms with E-state index in [4.69, 9.17) is 10.5 Å². The van der Waals surface area contributed by atoms with Gasteiger partial charge in [-0.1, -0.05) is 12.1 Å². The van der Waals surface area contributed by atoms with Crippen molar-refractivity contribution in [1.29, 1.82) is 10.5 Å². The molecule has 0 aromatic heterocycles. The lowest BCUT2D eigenvalue weighted by Gasteiger charge is -2.34. The molecule has 2 aromatic rings. The highest BCUT2D eigenvalue weighted by atomic mass is 32.2. The van der Waals surface area contributed by atoms with Crippen LogP contribution in [0.25, 0.3) is 0 Å². The first-order chi connectivity index (χ1) is 15.1. The molecule has 2 aromatic carbocycles. The van der Waals surface area contributed by atoms with E-state index in [0.29, 0.717) is 16.7 Å². The SMILES string of the molecule is N#Cc1ccc(CS(=O)(=O)CC(=O)N2CCN(S(=O)(=O)c3ccc(C#N)cc3)CC2)cc1. The molecule has 0 radical (unpaired) electrons. The highest BCUT2D eigenvalue weighted by Gasteiger charge is 2.31. The third-order valence-electron chi connectivity index (χ3n) is 5.03. The predicted octanol–water partition coefficient (Wildman–Crippen LogP) is 0.878. The molecule has 166 valence electrons. The first-order valence-corrected chi connectivity index (χ1v) is 12.9. The molecule has 3 rings (SSSR count). The van der Waals surface area contributed by atoms with Crippen molar-refractivity contribution in [1.82, 2.24) is 9.21 Å². The Morgan fingerprint density at radius 2 is 1.31 bits per heavy atom. The van der Waals surface area contributed by atoms with Crippen LogP contribution in [-0.2, 0) is 30.4 Å². The zero-order chi connectivity index (χ0) is 23.4. The maximum absolute atomic E-state index is 12.8. The predicted molar refractivity (Wildman–Crippen MR) is 115 cm³/mol. The third-order valence-corrected chi connectivity index (χ3v) is 8.40. The van der Waals surface area contributed by atoms with Gasteiger partial charge >= 0.3 is 0 Å². The van der Waals surface area contributed by atoms with Gasteiger partial charge < -0.3 is 4.90 Å². The van der Waals surface area contributed by atoms with Gasteiger partial charge in [-0.15, -0.1) is 0 Å². The van der Waals surface area contributed by atoms with E-state index < -0.39 is 31.5 Å². The van der Waals surface area contributed by atoms with E-state index in [1.54, 1.807) is 0 Å². The van der Waals surface area contributed by atoms with Crippen LogP contribution in [0.1, 0.15) is 16.7 Å². The molecule has 9 nitrogen and oxygen atoms in total. The number of nitrogens with zero attached hydrogens (tertiary/aromatic N) is 4.